The van der Waals surface area contributed by atoms with E-state index in [2.05, 4.69) is 29.0 Å². The highest BCUT2D eigenvalue weighted by molar-refractivity contribution is 5.93. The van der Waals surface area contributed by atoms with E-state index in [0.29, 0.717) is 0 Å². The Morgan fingerprint density at radius 2 is 1.30 bits per heavy atom. The molecule has 1 aromatic rings. The molecule has 0 spiro atoms. The lowest BCUT2D eigenvalue weighted by Crippen LogP contribution is -2.43. The normalized spacial score (nSPS) is 14.3. The van der Waals surface area contributed by atoms with Gasteiger partial charge in [0.2, 0.25) is 0 Å². The molecule has 3 heteroatoms. The van der Waals surface area contributed by atoms with Crippen molar-refractivity contribution in [2.45, 2.75) is 55.0 Å². The van der Waals surface area contributed by atoms with E-state index in [0.717, 1.165) is 38.3 Å². The number of piperazine rings is 1. The summed E-state index contributed by atoms with van der Waals surface area (Å²) in [6.45, 7) is 19.1. The Balaban J connectivity index is 0. The van der Waals surface area contributed by atoms with Crippen molar-refractivity contribution in [2.24, 2.45) is 0 Å². The van der Waals surface area contributed by atoms with Crippen LogP contribution in [0.5, 0.6) is 0 Å². The molecule has 0 aromatic heterocycles. The van der Waals surface area contributed by atoms with E-state index >= 15 is 0 Å². The lowest BCUT2D eigenvalue weighted by molar-refractivity contribution is 0.101. The van der Waals surface area contributed by atoms with Crippen molar-refractivity contribution in [2.75, 3.05) is 33.2 Å². The molecule has 3 nitrogen and oxygen atoms in total. The molecular formula is C20H38N2O. The van der Waals surface area contributed by atoms with Crippen LogP contribution in [0.2, 0.25) is 0 Å². The summed E-state index contributed by atoms with van der Waals surface area (Å²) in [5.74, 6) is 0.135. The van der Waals surface area contributed by atoms with Crippen molar-refractivity contribution in [1.29, 1.82) is 0 Å². The predicted octanol–water partition coefficient (Wildman–Crippen LogP) is 4.72. The van der Waals surface area contributed by atoms with Gasteiger partial charge in [-0.2, -0.15) is 0 Å². The molecule has 0 N–H and O–H groups in total. The van der Waals surface area contributed by atoms with Crippen molar-refractivity contribution in [1.82, 2.24) is 9.80 Å². The van der Waals surface area contributed by atoms with Gasteiger partial charge in [-0.05, 0) is 19.5 Å². The van der Waals surface area contributed by atoms with Gasteiger partial charge in [0.15, 0.2) is 5.78 Å². The van der Waals surface area contributed by atoms with Crippen LogP contribution in [-0.2, 0) is 6.54 Å². The zero-order chi connectivity index (χ0) is 18.3. The zero-order valence-electron chi connectivity index (χ0n) is 16.6. The molecule has 1 fully saturated rings. The minimum absolute atomic E-state index is 0.135. The van der Waals surface area contributed by atoms with Gasteiger partial charge in [-0.25, -0.2) is 0 Å². The molecule has 0 saturated carbocycles. The lowest BCUT2D eigenvalue weighted by Gasteiger charge is -2.32. The van der Waals surface area contributed by atoms with Crippen LogP contribution < -0.4 is 0 Å². The molecule has 0 amide bonds. The molecule has 0 bridgehead atoms. The van der Waals surface area contributed by atoms with Crippen LogP contribution in [0.25, 0.3) is 0 Å². The minimum Gasteiger partial charge on any atom is -0.304 e. The SMILES string of the molecule is CC.CC.CC.CC(=O)c1ccc(CN2CCN(C)CC2)cc1. The molecule has 1 aliphatic heterocycles. The highest BCUT2D eigenvalue weighted by Crippen LogP contribution is 2.10. The number of carbonyl (C=O) groups excluding carboxylic acids is 1. The number of likely N-dealkylation sites (N-methyl/N-ethyl adjacent to an activating group) is 1. The smallest absolute Gasteiger partial charge is 0.159 e. The topological polar surface area (TPSA) is 23.6 Å². The summed E-state index contributed by atoms with van der Waals surface area (Å²) in [4.78, 5) is 16.0. The van der Waals surface area contributed by atoms with Crippen LogP contribution in [0, 0.1) is 0 Å². The van der Waals surface area contributed by atoms with E-state index in [1.54, 1.807) is 6.92 Å². The fourth-order valence-electron chi connectivity index (χ4n) is 2.11. The number of rotatable bonds is 3. The number of hydrogen-bond donors (Lipinski definition) is 0. The average molecular weight is 323 g/mol. The summed E-state index contributed by atoms with van der Waals surface area (Å²) in [7, 11) is 2.17. The number of ketones is 1. The number of benzene rings is 1. The molecule has 134 valence electrons. The molecule has 0 radical (unpaired) electrons. The van der Waals surface area contributed by atoms with Gasteiger partial charge in [0.1, 0.15) is 0 Å². The summed E-state index contributed by atoms with van der Waals surface area (Å²) in [6.07, 6.45) is 0. The predicted molar refractivity (Wildman–Crippen MR) is 103 cm³/mol. The molecule has 1 aromatic carbocycles. The maximum Gasteiger partial charge on any atom is 0.159 e. The Labute approximate surface area is 144 Å². The van der Waals surface area contributed by atoms with Crippen molar-refractivity contribution < 1.29 is 4.79 Å². The summed E-state index contributed by atoms with van der Waals surface area (Å²) >= 11 is 0. The van der Waals surface area contributed by atoms with Gasteiger partial charge in [-0.15, -0.1) is 0 Å². The van der Waals surface area contributed by atoms with Crippen LogP contribution in [0.15, 0.2) is 24.3 Å². The average Bonchev–Trinajstić information content (AvgIpc) is 2.63. The molecule has 0 unspecified atom stereocenters. The molecule has 23 heavy (non-hydrogen) atoms. The Bertz CT molecular complexity index is 379. The molecule has 1 heterocycles. The second-order valence-electron chi connectivity index (χ2n) is 4.83. The zero-order valence-corrected chi connectivity index (χ0v) is 16.6. The van der Waals surface area contributed by atoms with Crippen LogP contribution in [0.1, 0.15) is 64.4 Å². The summed E-state index contributed by atoms with van der Waals surface area (Å²) in [6, 6.07) is 7.98. The molecule has 0 aliphatic carbocycles. The van der Waals surface area contributed by atoms with Crippen molar-refractivity contribution in [3.63, 3.8) is 0 Å². The van der Waals surface area contributed by atoms with Crippen LogP contribution in [0.4, 0.5) is 0 Å². The number of nitrogens with zero attached hydrogens (tertiary/aromatic N) is 2. The fraction of sp³-hybridized carbons (Fsp3) is 0.650. The van der Waals surface area contributed by atoms with Crippen LogP contribution in [0.3, 0.4) is 0 Å². The number of carbonyl (C=O) groups is 1. The Morgan fingerprint density at radius 1 is 0.870 bits per heavy atom. The molecule has 1 saturated heterocycles. The van der Waals surface area contributed by atoms with Crippen LogP contribution >= 0.6 is 0 Å². The number of Topliss-reactive ketones (excluding diaryl/α,β-unsaturated/α-hetero) is 1. The Hall–Kier alpha value is -1.19. The van der Waals surface area contributed by atoms with E-state index in [1.807, 2.05) is 53.7 Å². The quantitative estimate of drug-likeness (QED) is 0.753. The second kappa shape index (κ2) is 15.7. The summed E-state index contributed by atoms with van der Waals surface area (Å²) < 4.78 is 0. The van der Waals surface area contributed by atoms with E-state index in [1.165, 1.54) is 5.56 Å². The summed E-state index contributed by atoms with van der Waals surface area (Å²) in [5, 5.41) is 0. The van der Waals surface area contributed by atoms with Gasteiger partial charge in [0.25, 0.3) is 0 Å². The van der Waals surface area contributed by atoms with Crippen molar-refractivity contribution in [3.05, 3.63) is 35.4 Å². The molecule has 2 rings (SSSR count). The first-order valence-corrected chi connectivity index (χ1v) is 9.16. The molecule has 0 atom stereocenters. The standard InChI is InChI=1S/C14H20N2O.3C2H6/c1-12(17)14-5-3-13(4-6-14)11-16-9-7-15(2)8-10-16;3*1-2/h3-6H,7-11H2,1-2H3;3*1-2H3. The van der Waals surface area contributed by atoms with E-state index in [9.17, 15) is 4.79 Å². The monoisotopic (exact) mass is 322 g/mol. The number of hydrogen-bond acceptors (Lipinski definition) is 3. The Morgan fingerprint density at radius 3 is 1.70 bits per heavy atom. The first-order valence-electron chi connectivity index (χ1n) is 9.16. The second-order valence-corrected chi connectivity index (χ2v) is 4.83. The van der Waals surface area contributed by atoms with Gasteiger partial charge in [-0.3, -0.25) is 9.69 Å². The first-order chi connectivity index (χ1) is 11.1. The highest BCUT2D eigenvalue weighted by Gasteiger charge is 2.13. The fourth-order valence-corrected chi connectivity index (χ4v) is 2.11. The van der Waals surface area contributed by atoms with Crippen molar-refractivity contribution in [3.8, 4) is 0 Å². The lowest BCUT2D eigenvalue weighted by atomic mass is 10.1. The van der Waals surface area contributed by atoms with Gasteiger partial charge >= 0.3 is 0 Å². The third-order valence-corrected chi connectivity index (χ3v) is 3.36. The minimum atomic E-state index is 0.135. The molecule has 1 aliphatic rings. The Kier molecular flexibility index (Phi) is 16.4. The maximum absolute atomic E-state index is 11.2. The van der Waals surface area contributed by atoms with Gasteiger partial charge < -0.3 is 4.90 Å². The van der Waals surface area contributed by atoms with E-state index < -0.39 is 0 Å². The van der Waals surface area contributed by atoms with Crippen molar-refractivity contribution >= 4 is 5.78 Å². The maximum atomic E-state index is 11.2. The van der Waals surface area contributed by atoms with E-state index in [4.69, 9.17) is 0 Å². The largest absolute Gasteiger partial charge is 0.304 e. The van der Waals surface area contributed by atoms with Gasteiger partial charge in [0.05, 0.1) is 0 Å². The van der Waals surface area contributed by atoms with Gasteiger partial charge in [0, 0.05) is 38.3 Å². The molecular weight excluding hydrogens is 284 g/mol. The van der Waals surface area contributed by atoms with Crippen LogP contribution in [-0.4, -0.2) is 48.8 Å². The first kappa shape index (κ1) is 24.1. The van der Waals surface area contributed by atoms with E-state index in [-0.39, 0.29) is 5.78 Å². The third-order valence-electron chi connectivity index (χ3n) is 3.36. The summed E-state index contributed by atoms with van der Waals surface area (Å²) in [5.41, 5.74) is 2.09. The third kappa shape index (κ3) is 10.2. The highest BCUT2D eigenvalue weighted by atomic mass is 16.1. The van der Waals surface area contributed by atoms with Gasteiger partial charge in [-0.1, -0.05) is 65.8 Å².